The van der Waals surface area contributed by atoms with Gasteiger partial charge in [0.2, 0.25) is 0 Å². The maximum Gasteiger partial charge on any atom is 0.347 e. The molecule has 0 spiro atoms. The lowest BCUT2D eigenvalue weighted by Gasteiger charge is -2.40. The van der Waals surface area contributed by atoms with E-state index in [9.17, 15) is 9.59 Å². The van der Waals surface area contributed by atoms with Crippen LogP contribution in [0.3, 0.4) is 0 Å². The maximum absolute atomic E-state index is 12.1. The summed E-state index contributed by atoms with van der Waals surface area (Å²) in [4.78, 5) is 26.3. The number of rotatable bonds is 3. The third-order valence-corrected chi connectivity index (χ3v) is 4.65. The lowest BCUT2D eigenvalue weighted by molar-refractivity contribution is 0.0844. The number of allylic oxidation sites excluding steroid dienone is 1. The fourth-order valence-electron chi connectivity index (χ4n) is 3.17. The molecule has 0 atom stereocenters. The second-order valence-electron chi connectivity index (χ2n) is 6.75. The lowest BCUT2D eigenvalue weighted by Crippen LogP contribution is -2.42. The van der Waals surface area contributed by atoms with Gasteiger partial charge in [0.15, 0.2) is 5.78 Å². The molecule has 0 N–H and O–H groups in total. The van der Waals surface area contributed by atoms with Gasteiger partial charge in [0.25, 0.3) is 0 Å². The van der Waals surface area contributed by atoms with E-state index in [1.807, 2.05) is 19.2 Å². The van der Waals surface area contributed by atoms with Crippen molar-refractivity contribution in [1.82, 2.24) is 0 Å². The SMILES string of the molecule is COCC(=O)c1cc2cc3c(cc2oc1=O)N(C)C(C)(C)C=C3C. The quantitative estimate of drug-likeness (QED) is 0.640. The number of hydrogen-bond donors (Lipinski definition) is 0. The molecule has 126 valence electrons. The molecular weight excluding hydrogens is 306 g/mol. The van der Waals surface area contributed by atoms with Gasteiger partial charge in [0.1, 0.15) is 17.8 Å². The van der Waals surface area contributed by atoms with Crippen LogP contribution in [0.2, 0.25) is 0 Å². The summed E-state index contributed by atoms with van der Waals surface area (Å²) < 4.78 is 10.2. The molecule has 1 aromatic heterocycles. The zero-order valence-electron chi connectivity index (χ0n) is 14.6. The summed E-state index contributed by atoms with van der Waals surface area (Å²) >= 11 is 0. The summed E-state index contributed by atoms with van der Waals surface area (Å²) in [5.74, 6) is -0.378. The van der Waals surface area contributed by atoms with Crippen LogP contribution in [0, 0.1) is 0 Å². The van der Waals surface area contributed by atoms with E-state index in [-0.39, 0.29) is 23.5 Å². The molecule has 0 saturated carbocycles. The van der Waals surface area contributed by atoms with Crippen molar-refractivity contribution in [2.24, 2.45) is 0 Å². The Balaban J connectivity index is 2.23. The van der Waals surface area contributed by atoms with Gasteiger partial charge in [0, 0.05) is 36.9 Å². The lowest BCUT2D eigenvalue weighted by atomic mass is 9.88. The van der Waals surface area contributed by atoms with Gasteiger partial charge >= 0.3 is 5.63 Å². The summed E-state index contributed by atoms with van der Waals surface area (Å²) in [5, 5.41) is 0.730. The molecule has 24 heavy (non-hydrogen) atoms. The first-order chi connectivity index (χ1) is 11.2. The van der Waals surface area contributed by atoms with Gasteiger partial charge in [-0.15, -0.1) is 0 Å². The van der Waals surface area contributed by atoms with Crippen molar-refractivity contribution in [1.29, 1.82) is 0 Å². The molecule has 0 aliphatic carbocycles. The number of carbonyl (C=O) groups is 1. The fourth-order valence-corrected chi connectivity index (χ4v) is 3.17. The van der Waals surface area contributed by atoms with Crippen molar-refractivity contribution >= 4 is 28.0 Å². The number of Topliss-reactive ketones (excluding diaryl/α,β-unsaturated/α-hetero) is 1. The van der Waals surface area contributed by atoms with Crippen molar-refractivity contribution in [2.45, 2.75) is 26.3 Å². The van der Waals surface area contributed by atoms with Crippen LogP contribution in [0.4, 0.5) is 5.69 Å². The Labute approximate surface area is 140 Å². The molecule has 0 fully saturated rings. The second-order valence-corrected chi connectivity index (χ2v) is 6.75. The summed E-state index contributed by atoms with van der Waals surface area (Å²) in [6.07, 6.45) is 2.21. The highest BCUT2D eigenvalue weighted by molar-refractivity contribution is 6.00. The van der Waals surface area contributed by atoms with E-state index in [1.54, 1.807) is 6.07 Å². The normalized spacial score (nSPS) is 16.0. The number of fused-ring (bicyclic) bond motifs is 2. The first-order valence-corrected chi connectivity index (χ1v) is 7.82. The topological polar surface area (TPSA) is 59.8 Å². The molecule has 0 saturated heterocycles. The van der Waals surface area contributed by atoms with Crippen LogP contribution in [-0.2, 0) is 4.74 Å². The van der Waals surface area contributed by atoms with E-state index in [2.05, 4.69) is 31.7 Å². The smallest absolute Gasteiger partial charge is 0.347 e. The van der Waals surface area contributed by atoms with E-state index in [0.717, 1.165) is 22.2 Å². The summed E-state index contributed by atoms with van der Waals surface area (Å²) in [7, 11) is 3.44. The zero-order chi connectivity index (χ0) is 17.6. The number of anilines is 1. The van der Waals surface area contributed by atoms with E-state index in [4.69, 9.17) is 9.15 Å². The molecule has 3 rings (SSSR count). The number of carbonyl (C=O) groups excluding carboxylic acids is 1. The number of hydrogen-bond acceptors (Lipinski definition) is 5. The molecule has 0 amide bonds. The molecule has 5 nitrogen and oxygen atoms in total. The number of ketones is 1. The van der Waals surface area contributed by atoms with Crippen LogP contribution in [-0.4, -0.2) is 32.1 Å². The minimum absolute atomic E-state index is 0.0235. The predicted molar refractivity (Wildman–Crippen MR) is 94.8 cm³/mol. The van der Waals surface area contributed by atoms with Crippen LogP contribution in [0.15, 0.2) is 33.5 Å². The van der Waals surface area contributed by atoms with Crippen molar-refractivity contribution in [2.75, 3.05) is 25.7 Å². The van der Waals surface area contributed by atoms with Crippen molar-refractivity contribution < 1.29 is 13.9 Å². The van der Waals surface area contributed by atoms with E-state index < -0.39 is 5.63 Å². The molecule has 5 heteroatoms. The fraction of sp³-hybridized carbons (Fsp3) is 0.368. The van der Waals surface area contributed by atoms with Gasteiger partial charge in [0.05, 0.1) is 5.54 Å². The van der Waals surface area contributed by atoms with Crippen LogP contribution >= 0.6 is 0 Å². The van der Waals surface area contributed by atoms with Crippen molar-refractivity contribution in [3.8, 4) is 0 Å². The minimum Gasteiger partial charge on any atom is -0.422 e. The Morgan fingerprint density at radius 2 is 2.00 bits per heavy atom. The molecule has 0 unspecified atom stereocenters. The Bertz CT molecular complexity index is 921. The number of ether oxygens (including phenoxy) is 1. The highest BCUT2D eigenvalue weighted by Crippen LogP contribution is 2.39. The van der Waals surface area contributed by atoms with Crippen LogP contribution < -0.4 is 10.5 Å². The summed E-state index contributed by atoms with van der Waals surface area (Å²) in [6, 6.07) is 5.43. The first kappa shape index (κ1) is 16.5. The number of nitrogens with zero attached hydrogens (tertiary/aromatic N) is 1. The number of likely N-dealkylation sites (N-methyl/N-ethyl adjacent to an activating group) is 1. The van der Waals surface area contributed by atoms with Crippen LogP contribution in [0.5, 0.6) is 0 Å². The second kappa shape index (κ2) is 5.60. The van der Waals surface area contributed by atoms with Gasteiger partial charge in [-0.1, -0.05) is 6.08 Å². The molecular formula is C19H21NO4. The van der Waals surface area contributed by atoms with Gasteiger partial charge in [-0.2, -0.15) is 0 Å². The van der Waals surface area contributed by atoms with E-state index >= 15 is 0 Å². The van der Waals surface area contributed by atoms with Crippen LogP contribution in [0.25, 0.3) is 16.5 Å². The first-order valence-electron chi connectivity index (χ1n) is 7.82. The average Bonchev–Trinajstić information content (AvgIpc) is 2.50. The van der Waals surface area contributed by atoms with Gasteiger partial charge in [-0.25, -0.2) is 4.79 Å². The van der Waals surface area contributed by atoms with Gasteiger partial charge in [-0.05, 0) is 38.5 Å². The molecule has 1 aliphatic rings. The Morgan fingerprint density at radius 1 is 1.29 bits per heavy atom. The molecule has 2 heterocycles. The zero-order valence-corrected chi connectivity index (χ0v) is 14.6. The third kappa shape index (κ3) is 2.55. The largest absolute Gasteiger partial charge is 0.422 e. The van der Waals surface area contributed by atoms with Crippen LogP contribution in [0.1, 0.15) is 36.7 Å². The van der Waals surface area contributed by atoms with Crippen molar-refractivity contribution in [3.63, 3.8) is 0 Å². The maximum atomic E-state index is 12.1. The highest BCUT2D eigenvalue weighted by atomic mass is 16.5. The molecule has 0 bridgehead atoms. The highest BCUT2D eigenvalue weighted by Gasteiger charge is 2.29. The van der Waals surface area contributed by atoms with E-state index in [1.165, 1.54) is 7.11 Å². The Kier molecular flexibility index (Phi) is 3.84. The summed E-state index contributed by atoms with van der Waals surface area (Å²) in [6.45, 7) is 6.19. The average molecular weight is 327 g/mol. The predicted octanol–water partition coefficient (Wildman–Crippen LogP) is 3.25. The van der Waals surface area contributed by atoms with E-state index in [0.29, 0.717) is 5.58 Å². The number of benzene rings is 1. The van der Waals surface area contributed by atoms with Crippen molar-refractivity contribution in [3.05, 3.63) is 45.8 Å². The molecule has 2 aromatic rings. The van der Waals surface area contributed by atoms with Gasteiger partial charge < -0.3 is 14.1 Å². The Hall–Kier alpha value is -2.40. The standard InChI is InChI=1S/C19H21NO4/c1-11-9-19(2,3)20(4)15-8-17-12(6-13(11)15)7-14(18(22)24-17)16(21)10-23-5/h6-9H,10H2,1-5H3. The molecule has 0 radical (unpaired) electrons. The molecule has 1 aromatic carbocycles. The third-order valence-electron chi connectivity index (χ3n) is 4.65. The Morgan fingerprint density at radius 3 is 2.67 bits per heavy atom. The summed E-state index contributed by atoms with van der Waals surface area (Å²) in [5.41, 5.74) is 2.98. The van der Waals surface area contributed by atoms with Gasteiger partial charge in [-0.3, -0.25) is 4.79 Å². The number of methoxy groups -OCH3 is 1. The monoisotopic (exact) mass is 327 g/mol. The molecule has 1 aliphatic heterocycles. The minimum atomic E-state index is -0.630.